The van der Waals surface area contributed by atoms with Crippen molar-refractivity contribution in [3.8, 4) is 0 Å². The molecule has 1 aromatic rings. The van der Waals surface area contributed by atoms with Gasteiger partial charge >= 0.3 is 0 Å². The van der Waals surface area contributed by atoms with E-state index in [1.807, 2.05) is 6.26 Å². The smallest absolute Gasteiger partial charge is 0.116 e. The van der Waals surface area contributed by atoms with Crippen molar-refractivity contribution in [3.05, 3.63) is 29.7 Å². The zero-order chi connectivity index (χ0) is 10.5. The molecule has 0 bridgehead atoms. The second kappa shape index (κ2) is 2.84. The number of hydrogen-bond acceptors (Lipinski definition) is 2. The predicted molar refractivity (Wildman–Crippen MR) is 60.6 cm³/mol. The normalized spacial score (nSPS) is 22.5. The molecule has 0 aromatic carbocycles. The minimum atomic E-state index is 0.365. The van der Waals surface area contributed by atoms with Gasteiger partial charge < -0.3 is 4.42 Å². The Kier molecular flexibility index (Phi) is 1.70. The summed E-state index contributed by atoms with van der Waals surface area (Å²) in [6.45, 7) is 4.60. The zero-order valence-corrected chi connectivity index (χ0v) is 9.21. The van der Waals surface area contributed by atoms with E-state index in [0.29, 0.717) is 5.41 Å². The number of fused-ring (bicyclic) bond motifs is 2. The van der Waals surface area contributed by atoms with Crippen LogP contribution in [0, 0.1) is 5.41 Å². The van der Waals surface area contributed by atoms with Crippen LogP contribution in [0.1, 0.15) is 32.3 Å². The summed E-state index contributed by atoms with van der Waals surface area (Å²) >= 11 is 0. The Bertz CT molecular complexity index is 463. The van der Waals surface area contributed by atoms with Crippen molar-refractivity contribution in [2.45, 2.75) is 33.1 Å². The molecule has 1 aromatic heterocycles. The average Bonchev–Trinajstić information content (AvgIpc) is 2.60. The van der Waals surface area contributed by atoms with Gasteiger partial charge in [-0.15, -0.1) is 0 Å². The maximum absolute atomic E-state index is 5.19. The molecule has 0 saturated heterocycles. The fourth-order valence-corrected chi connectivity index (χ4v) is 2.34. The number of hydrogen-bond donors (Lipinski definition) is 0. The Balaban J connectivity index is 2.06. The highest BCUT2D eigenvalue weighted by molar-refractivity contribution is 6.04. The lowest BCUT2D eigenvalue weighted by Crippen LogP contribution is -2.24. The van der Waals surface area contributed by atoms with Crippen LogP contribution in [0.4, 0.5) is 5.69 Å². The molecule has 0 N–H and O–H groups in total. The number of rotatable bonds is 0. The molecule has 78 valence electrons. The van der Waals surface area contributed by atoms with Crippen LogP contribution in [0.5, 0.6) is 0 Å². The largest absolute Gasteiger partial charge is 0.470 e. The Morgan fingerprint density at radius 3 is 3.07 bits per heavy atom. The van der Waals surface area contributed by atoms with Crippen LogP contribution in [0.25, 0.3) is 0 Å². The fourth-order valence-electron chi connectivity index (χ4n) is 2.34. The summed E-state index contributed by atoms with van der Waals surface area (Å²) in [4.78, 5) is 4.68. The highest BCUT2D eigenvalue weighted by atomic mass is 16.3. The van der Waals surface area contributed by atoms with Crippen molar-refractivity contribution in [2.24, 2.45) is 10.4 Å². The molecular weight excluding hydrogens is 186 g/mol. The first kappa shape index (κ1) is 8.96. The monoisotopic (exact) mass is 201 g/mol. The average molecular weight is 201 g/mol. The molecule has 0 radical (unpaired) electrons. The summed E-state index contributed by atoms with van der Waals surface area (Å²) in [5, 5.41) is 0. The molecule has 2 heterocycles. The number of aliphatic imine (C=N–C) groups is 1. The number of allylic oxidation sites excluding steroid dienone is 2. The van der Waals surface area contributed by atoms with Crippen LogP contribution in [-0.2, 0) is 6.42 Å². The van der Waals surface area contributed by atoms with Gasteiger partial charge in [0, 0.05) is 17.7 Å². The van der Waals surface area contributed by atoms with Gasteiger partial charge in [-0.2, -0.15) is 0 Å². The maximum atomic E-state index is 5.19. The molecule has 0 amide bonds. The molecule has 0 unspecified atom stereocenters. The summed E-state index contributed by atoms with van der Waals surface area (Å²) in [6.07, 6.45) is 9.16. The first-order valence-corrected chi connectivity index (χ1v) is 5.46. The van der Waals surface area contributed by atoms with Gasteiger partial charge in [-0.25, -0.2) is 4.99 Å². The predicted octanol–water partition coefficient (Wildman–Crippen LogP) is 3.65. The number of nitrogens with zero attached hydrogens (tertiary/aromatic N) is 1. The zero-order valence-electron chi connectivity index (χ0n) is 9.21. The molecule has 0 spiro atoms. The van der Waals surface area contributed by atoms with Crippen LogP contribution in [-0.4, -0.2) is 5.71 Å². The SMILES string of the molecule is CC1(C)CC=C2Cc3cocc3N=C2C1. The van der Waals surface area contributed by atoms with Gasteiger partial charge in [-0.3, -0.25) is 0 Å². The van der Waals surface area contributed by atoms with E-state index in [0.717, 1.165) is 24.9 Å². The molecular formula is C13H15NO. The van der Waals surface area contributed by atoms with E-state index in [2.05, 4.69) is 24.9 Å². The van der Waals surface area contributed by atoms with Crippen molar-refractivity contribution in [1.29, 1.82) is 0 Å². The van der Waals surface area contributed by atoms with E-state index >= 15 is 0 Å². The Morgan fingerprint density at radius 1 is 1.33 bits per heavy atom. The summed E-state index contributed by atoms with van der Waals surface area (Å²) in [5.41, 5.74) is 5.29. The Morgan fingerprint density at radius 2 is 2.20 bits per heavy atom. The topological polar surface area (TPSA) is 25.5 Å². The molecule has 0 saturated carbocycles. The summed E-state index contributed by atoms with van der Waals surface area (Å²) in [7, 11) is 0. The van der Waals surface area contributed by atoms with Crippen molar-refractivity contribution in [3.63, 3.8) is 0 Å². The van der Waals surface area contributed by atoms with Crippen molar-refractivity contribution >= 4 is 11.4 Å². The van der Waals surface area contributed by atoms with Gasteiger partial charge in [0.25, 0.3) is 0 Å². The van der Waals surface area contributed by atoms with Gasteiger partial charge in [0.2, 0.25) is 0 Å². The van der Waals surface area contributed by atoms with Crippen LogP contribution in [0.2, 0.25) is 0 Å². The van der Waals surface area contributed by atoms with Crippen molar-refractivity contribution < 1.29 is 4.42 Å². The second-order valence-electron chi connectivity index (χ2n) is 5.29. The lowest BCUT2D eigenvalue weighted by Gasteiger charge is -2.31. The third-order valence-electron chi connectivity index (χ3n) is 3.27. The Hall–Kier alpha value is -1.31. The third-order valence-corrected chi connectivity index (χ3v) is 3.27. The first-order chi connectivity index (χ1) is 7.14. The molecule has 2 nitrogen and oxygen atoms in total. The van der Waals surface area contributed by atoms with Gasteiger partial charge in [0.1, 0.15) is 12.0 Å². The highest BCUT2D eigenvalue weighted by Gasteiger charge is 2.29. The number of furan rings is 1. The minimum absolute atomic E-state index is 0.365. The maximum Gasteiger partial charge on any atom is 0.116 e. The van der Waals surface area contributed by atoms with Crippen LogP contribution in [0.3, 0.4) is 0 Å². The minimum Gasteiger partial charge on any atom is -0.470 e. The van der Waals surface area contributed by atoms with E-state index in [9.17, 15) is 0 Å². The van der Waals surface area contributed by atoms with Crippen molar-refractivity contribution in [2.75, 3.05) is 0 Å². The van der Waals surface area contributed by atoms with E-state index in [-0.39, 0.29) is 0 Å². The highest BCUT2D eigenvalue weighted by Crippen LogP contribution is 2.39. The molecule has 15 heavy (non-hydrogen) atoms. The quantitative estimate of drug-likeness (QED) is 0.629. The standard InChI is InChI=1S/C13H15NO/c1-13(2)4-3-9-5-10-7-15-8-12(10)14-11(9)6-13/h3,7-8H,4-6H2,1-2H3. The molecule has 0 fully saturated rings. The van der Waals surface area contributed by atoms with Crippen LogP contribution in [0.15, 0.2) is 33.6 Å². The Labute approximate surface area is 89.7 Å². The van der Waals surface area contributed by atoms with Crippen molar-refractivity contribution in [1.82, 2.24) is 0 Å². The van der Waals surface area contributed by atoms with E-state index in [1.165, 1.54) is 16.8 Å². The molecule has 3 rings (SSSR count). The second-order valence-corrected chi connectivity index (χ2v) is 5.29. The molecule has 0 atom stereocenters. The molecule has 2 heteroatoms. The molecule has 1 aliphatic carbocycles. The van der Waals surface area contributed by atoms with E-state index < -0.39 is 0 Å². The van der Waals surface area contributed by atoms with Gasteiger partial charge in [0.15, 0.2) is 0 Å². The van der Waals surface area contributed by atoms with Crippen LogP contribution < -0.4 is 0 Å². The van der Waals surface area contributed by atoms with Gasteiger partial charge in [-0.1, -0.05) is 19.9 Å². The lowest BCUT2D eigenvalue weighted by molar-refractivity contribution is 0.381. The van der Waals surface area contributed by atoms with E-state index in [4.69, 9.17) is 4.42 Å². The van der Waals surface area contributed by atoms with Gasteiger partial charge in [0.05, 0.1) is 6.26 Å². The fraction of sp³-hybridized carbons (Fsp3) is 0.462. The molecule has 1 aliphatic heterocycles. The summed E-state index contributed by atoms with van der Waals surface area (Å²) in [5.74, 6) is 0. The van der Waals surface area contributed by atoms with E-state index in [1.54, 1.807) is 6.26 Å². The lowest BCUT2D eigenvalue weighted by atomic mass is 9.75. The molecule has 2 aliphatic rings. The summed E-state index contributed by atoms with van der Waals surface area (Å²) < 4.78 is 5.19. The summed E-state index contributed by atoms with van der Waals surface area (Å²) in [6, 6.07) is 0. The van der Waals surface area contributed by atoms with Crippen LogP contribution >= 0.6 is 0 Å². The van der Waals surface area contributed by atoms with Gasteiger partial charge in [-0.05, 0) is 23.8 Å². The first-order valence-electron chi connectivity index (χ1n) is 5.46. The third kappa shape index (κ3) is 1.44.